The van der Waals surface area contributed by atoms with E-state index in [1.807, 2.05) is 0 Å². The molecule has 0 aromatic rings. The largest absolute Gasteiger partial charge is 0.384 e. The summed E-state index contributed by atoms with van der Waals surface area (Å²) in [5.74, 6) is 1.07. The van der Waals surface area contributed by atoms with Crippen molar-refractivity contribution in [2.45, 2.75) is 44.6 Å². The van der Waals surface area contributed by atoms with Crippen LogP contribution in [0.4, 0.5) is 0 Å². The van der Waals surface area contributed by atoms with Gasteiger partial charge in [-0.25, -0.2) is 0 Å². The first-order chi connectivity index (χ1) is 9.21. The van der Waals surface area contributed by atoms with E-state index in [4.69, 9.17) is 4.74 Å². The van der Waals surface area contributed by atoms with E-state index in [-0.39, 0.29) is 11.3 Å². The molecule has 0 unspecified atom stereocenters. The van der Waals surface area contributed by atoms with Gasteiger partial charge in [-0.1, -0.05) is 6.42 Å². The summed E-state index contributed by atoms with van der Waals surface area (Å²) in [7, 11) is 1.75. The van der Waals surface area contributed by atoms with Crippen LogP contribution in [0.1, 0.15) is 38.5 Å². The summed E-state index contributed by atoms with van der Waals surface area (Å²) in [6.45, 7) is 3.31. The van der Waals surface area contributed by atoms with Crippen LogP contribution >= 0.6 is 0 Å². The van der Waals surface area contributed by atoms with Crippen molar-refractivity contribution in [3.8, 4) is 0 Å². The Morgan fingerprint density at radius 1 is 1.42 bits per heavy atom. The molecule has 0 aromatic carbocycles. The van der Waals surface area contributed by atoms with E-state index in [0.717, 1.165) is 25.6 Å². The second-order valence-electron chi connectivity index (χ2n) is 6.83. The van der Waals surface area contributed by atoms with Crippen LogP contribution in [0.5, 0.6) is 0 Å². The van der Waals surface area contributed by atoms with Gasteiger partial charge in [-0.3, -0.25) is 9.69 Å². The lowest BCUT2D eigenvalue weighted by atomic mass is 9.69. The standard InChI is InChI=1S/C15H26N2O2/c1-19-11-15(5-2-6-15)10-16-14(18)9-17-8-12-3-4-13(17)7-12/h12-13H,2-11H2,1H3,(H,16,18)/t12-,13+/m1/s1. The van der Waals surface area contributed by atoms with Crippen molar-refractivity contribution in [2.75, 3.05) is 33.4 Å². The highest BCUT2D eigenvalue weighted by Gasteiger charge is 2.39. The smallest absolute Gasteiger partial charge is 0.234 e. The first-order valence-corrected chi connectivity index (χ1v) is 7.70. The zero-order valence-corrected chi connectivity index (χ0v) is 12.0. The number of hydrogen-bond acceptors (Lipinski definition) is 3. The van der Waals surface area contributed by atoms with Crippen LogP contribution in [0.25, 0.3) is 0 Å². The maximum Gasteiger partial charge on any atom is 0.234 e. The Balaban J connectivity index is 1.41. The fourth-order valence-electron chi connectivity index (χ4n) is 4.10. The molecule has 2 aliphatic carbocycles. The molecule has 3 aliphatic rings. The summed E-state index contributed by atoms with van der Waals surface area (Å²) in [6, 6.07) is 0.687. The van der Waals surface area contributed by atoms with Crippen molar-refractivity contribution in [1.29, 1.82) is 0 Å². The molecule has 3 fully saturated rings. The average Bonchev–Trinajstić information content (AvgIpc) is 2.94. The zero-order chi connectivity index (χ0) is 13.3. The van der Waals surface area contributed by atoms with Crippen molar-refractivity contribution in [3.05, 3.63) is 0 Å². The van der Waals surface area contributed by atoms with Crippen molar-refractivity contribution in [2.24, 2.45) is 11.3 Å². The predicted octanol–water partition coefficient (Wildman–Crippen LogP) is 1.40. The van der Waals surface area contributed by atoms with Crippen LogP contribution in [0, 0.1) is 11.3 Å². The van der Waals surface area contributed by atoms with Crippen LogP contribution in [-0.4, -0.2) is 50.2 Å². The van der Waals surface area contributed by atoms with Gasteiger partial charge in [0, 0.05) is 31.7 Å². The second-order valence-corrected chi connectivity index (χ2v) is 6.83. The lowest BCUT2D eigenvalue weighted by Crippen LogP contribution is -2.48. The Morgan fingerprint density at radius 3 is 2.79 bits per heavy atom. The van der Waals surface area contributed by atoms with Gasteiger partial charge >= 0.3 is 0 Å². The molecule has 108 valence electrons. The third-order valence-electron chi connectivity index (χ3n) is 5.39. The molecule has 0 aromatic heterocycles. The van der Waals surface area contributed by atoms with Crippen LogP contribution in [-0.2, 0) is 9.53 Å². The number of rotatable bonds is 6. The van der Waals surface area contributed by atoms with Crippen molar-refractivity contribution in [1.82, 2.24) is 10.2 Å². The monoisotopic (exact) mass is 266 g/mol. The van der Waals surface area contributed by atoms with Crippen LogP contribution < -0.4 is 5.32 Å². The summed E-state index contributed by atoms with van der Waals surface area (Å²) in [6.07, 6.45) is 7.65. The summed E-state index contributed by atoms with van der Waals surface area (Å²) in [5.41, 5.74) is 0.231. The SMILES string of the molecule is COCC1(CNC(=O)CN2C[C@@H]3CC[C@H]2C3)CCC1. The number of nitrogens with zero attached hydrogens (tertiary/aromatic N) is 1. The number of carbonyl (C=O) groups excluding carboxylic acids is 1. The number of nitrogens with one attached hydrogen (secondary N) is 1. The molecule has 4 heteroatoms. The summed E-state index contributed by atoms with van der Waals surface area (Å²) in [5, 5.41) is 3.14. The topological polar surface area (TPSA) is 41.6 Å². The Bertz CT molecular complexity index is 341. The van der Waals surface area contributed by atoms with E-state index in [2.05, 4.69) is 10.2 Å². The number of amides is 1. The number of piperidine rings is 1. The molecular weight excluding hydrogens is 240 g/mol. The molecule has 2 atom stereocenters. The first-order valence-electron chi connectivity index (χ1n) is 7.70. The highest BCUT2D eigenvalue weighted by atomic mass is 16.5. The highest BCUT2D eigenvalue weighted by Crippen LogP contribution is 2.40. The molecule has 2 bridgehead atoms. The lowest BCUT2D eigenvalue weighted by molar-refractivity contribution is -0.123. The van der Waals surface area contributed by atoms with Gasteiger partial charge in [-0.2, -0.15) is 0 Å². The van der Waals surface area contributed by atoms with Gasteiger partial charge in [0.15, 0.2) is 0 Å². The van der Waals surface area contributed by atoms with Gasteiger partial charge in [-0.15, -0.1) is 0 Å². The molecule has 2 saturated carbocycles. The number of hydrogen-bond donors (Lipinski definition) is 1. The summed E-state index contributed by atoms with van der Waals surface area (Å²) >= 11 is 0. The van der Waals surface area contributed by atoms with Gasteiger partial charge in [0.05, 0.1) is 13.2 Å². The van der Waals surface area contributed by atoms with Crippen molar-refractivity contribution in [3.63, 3.8) is 0 Å². The van der Waals surface area contributed by atoms with Crippen molar-refractivity contribution < 1.29 is 9.53 Å². The van der Waals surface area contributed by atoms with Gasteiger partial charge in [0.2, 0.25) is 5.91 Å². The van der Waals surface area contributed by atoms with Gasteiger partial charge < -0.3 is 10.1 Å². The summed E-state index contributed by atoms with van der Waals surface area (Å²) in [4.78, 5) is 14.5. The Morgan fingerprint density at radius 2 is 2.26 bits per heavy atom. The van der Waals surface area contributed by atoms with Crippen molar-refractivity contribution >= 4 is 5.91 Å². The van der Waals surface area contributed by atoms with E-state index < -0.39 is 0 Å². The molecule has 19 heavy (non-hydrogen) atoms. The van der Waals surface area contributed by atoms with Crippen LogP contribution in [0.3, 0.4) is 0 Å². The minimum Gasteiger partial charge on any atom is -0.384 e. The predicted molar refractivity (Wildman–Crippen MR) is 73.9 cm³/mol. The van der Waals surface area contributed by atoms with E-state index in [1.54, 1.807) is 7.11 Å². The molecule has 0 radical (unpaired) electrons. The Kier molecular flexibility index (Phi) is 3.81. The molecule has 1 amide bonds. The number of methoxy groups -OCH3 is 1. The number of likely N-dealkylation sites (tertiary alicyclic amines) is 1. The highest BCUT2D eigenvalue weighted by molar-refractivity contribution is 5.78. The number of fused-ring (bicyclic) bond motifs is 2. The third-order valence-corrected chi connectivity index (χ3v) is 5.39. The Hall–Kier alpha value is -0.610. The van der Waals surface area contributed by atoms with Gasteiger partial charge in [0.25, 0.3) is 0 Å². The van der Waals surface area contributed by atoms with E-state index in [1.165, 1.54) is 38.5 Å². The summed E-state index contributed by atoms with van der Waals surface area (Å²) < 4.78 is 5.29. The lowest BCUT2D eigenvalue weighted by Gasteiger charge is -2.41. The van der Waals surface area contributed by atoms with E-state index in [9.17, 15) is 4.79 Å². The van der Waals surface area contributed by atoms with E-state index in [0.29, 0.717) is 12.6 Å². The quantitative estimate of drug-likeness (QED) is 0.790. The Labute approximate surface area is 115 Å². The third kappa shape index (κ3) is 2.79. The van der Waals surface area contributed by atoms with E-state index >= 15 is 0 Å². The van der Waals surface area contributed by atoms with Gasteiger partial charge in [0.1, 0.15) is 0 Å². The fraction of sp³-hybridized carbons (Fsp3) is 0.933. The molecule has 1 N–H and O–H groups in total. The first kappa shape index (κ1) is 13.4. The number of ether oxygens (including phenoxy) is 1. The molecule has 0 spiro atoms. The molecule has 1 heterocycles. The molecule has 1 saturated heterocycles. The normalized spacial score (nSPS) is 32.3. The van der Waals surface area contributed by atoms with Crippen LogP contribution in [0.15, 0.2) is 0 Å². The number of carbonyl (C=O) groups is 1. The maximum absolute atomic E-state index is 12.1. The minimum absolute atomic E-state index is 0.204. The van der Waals surface area contributed by atoms with Gasteiger partial charge in [-0.05, 0) is 38.0 Å². The van der Waals surface area contributed by atoms with Crippen LogP contribution in [0.2, 0.25) is 0 Å². The average molecular weight is 266 g/mol. The molecule has 1 aliphatic heterocycles. The molecule has 4 nitrogen and oxygen atoms in total. The second kappa shape index (κ2) is 5.41. The zero-order valence-electron chi connectivity index (χ0n) is 12.0. The fourth-order valence-corrected chi connectivity index (χ4v) is 4.10. The molecule has 3 rings (SSSR count). The minimum atomic E-state index is 0.204. The maximum atomic E-state index is 12.1. The molecular formula is C15H26N2O2.